The second-order valence-electron chi connectivity index (χ2n) is 8.40. The Kier molecular flexibility index (Phi) is 6.51. The Morgan fingerprint density at radius 1 is 0.903 bits per heavy atom. The number of hydrogen-bond donors (Lipinski definition) is 0. The lowest BCUT2D eigenvalue weighted by atomic mass is 10.1. The van der Waals surface area contributed by atoms with Crippen molar-refractivity contribution in [3.05, 3.63) is 51.8 Å². The number of benzene rings is 1. The Morgan fingerprint density at radius 2 is 1.52 bits per heavy atom. The van der Waals surface area contributed by atoms with Gasteiger partial charge in [0.25, 0.3) is 5.91 Å². The molecule has 0 saturated carbocycles. The number of rotatable bonds is 3. The maximum absolute atomic E-state index is 13.3. The van der Waals surface area contributed by atoms with Crippen molar-refractivity contribution in [3.63, 3.8) is 0 Å². The lowest BCUT2D eigenvalue weighted by Crippen LogP contribution is -2.54. The highest BCUT2D eigenvalue weighted by atomic mass is 35.5. The van der Waals surface area contributed by atoms with E-state index in [1.54, 1.807) is 0 Å². The van der Waals surface area contributed by atoms with Gasteiger partial charge in [-0.25, -0.2) is 4.79 Å². The topological polar surface area (TPSA) is 61.7 Å². The molecule has 2 aromatic rings. The van der Waals surface area contributed by atoms with Crippen LogP contribution in [0.1, 0.15) is 46.6 Å². The van der Waals surface area contributed by atoms with E-state index < -0.39 is 0 Å². The normalized spacial score (nSPS) is 17.2. The van der Waals surface area contributed by atoms with Crippen molar-refractivity contribution in [2.75, 3.05) is 39.3 Å². The number of halogens is 1. The van der Waals surface area contributed by atoms with Gasteiger partial charge in [0.05, 0.1) is 17.8 Å². The number of piperazine rings is 1. The van der Waals surface area contributed by atoms with E-state index in [9.17, 15) is 9.59 Å². The highest BCUT2D eigenvalue weighted by molar-refractivity contribution is 6.31. The van der Waals surface area contributed by atoms with E-state index in [0.29, 0.717) is 43.3 Å². The van der Waals surface area contributed by atoms with Crippen LogP contribution in [0.15, 0.2) is 24.3 Å². The van der Waals surface area contributed by atoms with Crippen LogP contribution in [0.4, 0.5) is 4.79 Å². The fourth-order valence-corrected chi connectivity index (χ4v) is 4.69. The average Bonchev–Trinajstić information content (AvgIpc) is 3.07. The first-order valence-electron chi connectivity index (χ1n) is 11.1. The number of hydrogen-bond acceptors (Lipinski definition) is 3. The van der Waals surface area contributed by atoms with Crippen molar-refractivity contribution < 1.29 is 9.59 Å². The molecule has 0 atom stereocenters. The summed E-state index contributed by atoms with van der Waals surface area (Å²) in [6.45, 7) is 8.28. The fourth-order valence-electron chi connectivity index (χ4n) is 4.49. The number of aryl methyl sites for hydroxylation is 1. The van der Waals surface area contributed by atoms with Crippen LogP contribution in [-0.2, 0) is 6.54 Å². The lowest BCUT2D eigenvalue weighted by Gasteiger charge is -2.38. The van der Waals surface area contributed by atoms with E-state index in [0.717, 1.165) is 42.9 Å². The van der Waals surface area contributed by atoms with Crippen LogP contribution in [0.5, 0.6) is 0 Å². The lowest BCUT2D eigenvalue weighted by molar-refractivity contribution is 0.0631. The van der Waals surface area contributed by atoms with Gasteiger partial charge in [0.15, 0.2) is 0 Å². The molecule has 8 heteroatoms. The van der Waals surface area contributed by atoms with Crippen LogP contribution in [-0.4, -0.2) is 75.7 Å². The van der Waals surface area contributed by atoms with E-state index in [4.69, 9.17) is 11.6 Å². The third-order valence-corrected chi connectivity index (χ3v) is 6.71. The Labute approximate surface area is 188 Å². The zero-order valence-electron chi connectivity index (χ0n) is 18.3. The summed E-state index contributed by atoms with van der Waals surface area (Å²) in [6.07, 6.45) is 3.37. The second-order valence-corrected chi connectivity index (χ2v) is 8.81. The van der Waals surface area contributed by atoms with Gasteiger partial charge in [0.2, 0.25) is 0 Å². The summed E-state index contributed by atoms with van der Waals surface area (Å²) < 4.78 is 1.85. The average molecular weight is 444 g/mol. The third kappa shape index (κ3) is 4.56. The van der Waals surface area contributed by atoms with Crippen LogP contribution in [0.25, 0.3) is 0 Å². The van der Waals surface area contributed by atoms with Crippen LogP contribution in [0, 0.1) is 13.8 Å². The molecular formula is C23H30ClN5O2. The van der Waals surface area contributed by atoms with Crippen LogP contribution in [0.2, 0.25) is 5.02 Å². The highest BCUT2D eigenvalue weighted by Crippen LogP contribution is 2.21. The zero-order chi connectivity index (χ0) is 22.0. The van der Waals surface area contributed by atoms with Gasteiger partial charge in [-0.3, -0.25) is 9.48 Å². The molecule has 2 aliphatic rings. The third-order valence-electron chi connectivity index (χ3n) is 6.34. The summed E-state index contributed by atoms with van der Waals surface area (Å²) in [5.41, 5.74) is 3.19. The monoisotopic (exact) mass is 443 g/mol. The zero-order valence-corrected chi connectivity index (χ0v) is 19.1. The predicted octanol–water partition coefficient (Wildman–Crippen LogP) is 3.57. The van der Waals surface area contributed by atoms with Gasteiger partial charge in [0.1, 0.15) is 0 Å². The number of likely N-dealkylation sites (tertiary alicyclic amines) is 1. The number of aromatic nitrogens is 2. The van der Waals surface area contributed by atoms with Crippen molar-refractivity contribution in [3.8, 4) is 0 Å². The summed E-state index contributed by atoms with van der Waals surface area (Å²) in [5.74, 6) is -0.00881. The fraction of sp³-hybridized carbons (Fsp3) is 0.522. The van der Waals surface area contributed by atoms with Crippen molar-refractivity contribution in [1.29, 1.82) is 0 Å². The smallest absolute Gasteiger partial charge is 0.320 e. The summed E-state index contributed by atoms with van der Waals surface area (Å²) in [5, 5.41) is 5.30. The molecule has 4 rings (SSSR count). The van der Waals surface area contributed by atoms with E-state index in [1.165, 1.54) is 6.42 Å². The number of carbonyl (C=O) groups excluding carboxylic acids is 2. The number of piperidine rings is 1. The quantitative estimate of drug-likeness (QED) is 0.728. The molecule has 0 bridgehead atoms. The largest absolute Gasteiger partial charge is 0.335 e. The van der Waals surface area contributed by atoms with Gasteiger partial charge in [-0.15, -0.1) is 0 Å². The number of nitrogens with zero attached hydrogens (tertiary/aromatic N) is 5. The molecule has 0 unspecified atom stereocenters. The molecule has 7 nitrogen and oxygen atoms in total. The highest BCUT2D eigenvalue weighted by Gasteiger charge is 2.30. The molecule has 166 valence electrons. The molecule has 0 radical (unpaired) electrons. The summed E-state index contributed by atoms with van der Waals surface area (Å²) >= 11 is 6.30. The van der Waals surface area contributed by atoms with Gasteiger partial charge in [-0.1, -0.05) is 29.8 Å². The standard InChI is InChI=1S/C23H30ClN5O2/c1-17-21(18(2)29(25-17)16-19-8-4-5-9-20(19)24)22(30)26-12-14-28(15-13-26)23(31)27-10-6-3-7-11-27/h4-5,8-9H,3,6-7,10-16H2,1-2H3. The minimum atomic E-state index is -0.00881. The van der Waals surface area contributed by atoms with E-state index >= 15 is 0 Å². The molecule has 0 N–H and O–H groups in total. The molecule has 0 spiro atoms. The summed E-state index contributed by atoms with van der Waals surface area (Å²) in [6, 6.07) is 7.80. The molecule has 2 aliphatic heterocycles. The van der Waals surface area contributed by atoms with E-state index in [2.05, 4.69) is 5.10 Å². The number of carbonyl (C=O) groups is 2. The Morgan fingerprint density at radius 3 is 2.19 bits per heavy atom. The van der Waals surface area contributed by atoms with Crippen LogP contribution >= 0.6 is 11.6 Å². The van der Waals surface area contributed by atoms with Crippen LogP contribution in [0.3, 0.4) is 0 Å². The van der Waals surface area contributed by atoms with E-state index in [1.807, 2.05) is 57.5 Å². The van der Waals surface area contributed by atoms with Gasteiger partial charge in [-0.05, 0) is 44.7 Å². The molecular weight excluding hydrogens is 414 g/mol. The Balaban J connectivity index is 1.41. The molecule has 3 amide bonds. The number of amides is 3. The maximum atomic E-state index is 13.3. The molecule has 1 aromatic heterocycles. The first-order valence-corrected chi connectivity index (χ1v) is 11.4. The SMILES string of the molecule is Cc1nn(Cc2ccccc2Cl)c(C)c1C(=O)N1CCN(C(=O)N2CCCCC2)CC1. The summed E-state index contributed by atoms with van der Waals surface area (Å²) in [4.78, 5) is 31.7. The molecule has 31 heavy (non-hydrogen) atoms. The van der Waals surface area contributed by atoms with Gasteiger partial charge in [-0.2, -0.15) is 5.10 Å². The second kappa shape index (κ2) is 9.30. The first kappa shape index (κ1) is 21.7. The Hall–Kier alpha value is -2.54. The van der Waals surface area contributed by atoms with Crippen LogP contribution < -0.4 is 0 Å². The predicted molar refractivity (Wildman–Crippen MR) is 121 cm³/mol. The van der Waals surface area contributed by atoms with Gasteiger partial charge < -0.3 is 14.7 Å². The Bertz CT molecular complexity index is 959. The minimum absolute atomic E-state index is 0.00881. The van der Waals surface area contributed by atoms with Gasteiger partial charge >= 0.3 is 6.03 Å². The van der Waals surface area contributed by atoms with Gasteiger partial charge in [0, 0.05) is 50.0 Å². The summed E-state index contributed by atoms with van der Waals surface area (Å²) in [7, 11) is 0. The molecule has 3 heterocycles. The van der Waals surface area contributed by atoms with Crippen molar-refractivity contribution in [2.45, 2.75) is 39.7 Å². The van der Waals surface area contributed by atoms with Crippen molar-refractivity contribution >= 4 is 23.5 Å². The minimum Gasteiger partial charge on any atom is -0.335 e. The first-order chi connectivity index (χ1) is 15.0. The van der Waals surface area contributed by atoms with E-state index in [-0.39, 0.29) is 11.9 Å². The number of urea groups is 1. The van der Waals surface area contributed by atoms with Crippen molar-refractivity contribution in [1.82, 2.24) is 24.5 Å². The molecule has 1 aromatic carbocycles. The van der Waals surface area contributed by atoms with Crippen molar-refractivity contribution in [2.24, 2.45) is 0 Å². The molecule has 2 fully saturated rings. The molecule has 2 saturated heterocycles. The molecule has 0 aliphatic carbocycles. The maximum Gasteiger partial charge on any atom is 0.320 e.